The van der Waals surface area contributed by atoms with Gasteiger partial charge in [0, 0.05) is 49.0 Å². The fourth-order valence-electron chi connectivity index (χ4n) is 5.34. The molecule has 0 spiro atoms. The van der Waals surface area contributed by atoms with E-state index in [1.54, 1.807) is 12.3 Å². The molecular formula is C31H35N5O3. The second-order valence-electron chi connectivity index (χ2n) is 11.5. The largest absolute Gasteiger partial charge is 0.366 e. The molecule has 0 bridgehead atoms. The van der Waals surface area contributed by atoms with Crippen LogP contribution in [0.3, 0.4) is 0 Å². The van der Waals surface area contributed by atoms with Gasteiger partial charge in [0.15, 0.2) is 0 Å². The lowest BCUT2D eigenvalue weighted by molar-refractivity contribution is -0.122. The van der Waals surface area contributed by atoms with Gasteiger partial charge in [0.25, 0.3) is 0 Å². The molecule has 1 unspecified atom stereocenters. The zero-order chi connectivity index (χ0) is 27.7. The summed E-state index contributed by atoms with van der Waals surface area (Å²) < 4.78 is 0. The van der Waals surface area contributed by atoms with Gasteiger partial charge in [-0.3, -0.25) is 14.6 Å². The van der Waals surface area contributed by atoms with Crippen LogP contribution in [0, 0.1) is 5.92 Å². The van der Waals surface area contributed by atoms with E-state index in [0.29, 0.717) is 31.6 Å². The first-order valence-electron chi connectivity index (χ1n) is 13.4. The van der Waals surface area contributed by atoms with Gasteiger partial charge in [-0.15, -0.1) is 0 Å². The lowest BCUT2D eigenvalue weighted by atomic mass is 9.87. The van der Waals surface area contributed by atoms with Gasteiger partial charge in [0.2, 0.25) is 11.8 Å². The second kappa shape index (κ2) is 10.5. The van der Waals surface area contributed by atoms with Gasteiger partial charge >= 0.3 is 6.03 Å². The van der Waals surface area contributed by atoms with E-state index in [-0.39, 0.29) is 29.3 Å². The van der Waals surface area contributed by atoms with Gasteiger partial charge < -0.3 is 21.3 Å². The van der Waals surface area contributed by atoms with E-state index in [9.17, 15) is 14.4 Å². The van der Waals surface area contributed by atoms with Gasteiger partial charge in [0.05, 0.1) is 5.56 Å². The number of amides is 4. The van der Waals surface area contributed by atoms with E-state index in [1.807, 2.05) is 56.0 Å². The van der Waals surface area contributed by atoms with E-state index >= 15 is 0 Å². The summed E-state index contributed by atoms with van der Waals surface area (Å²) in [7, 11) is 0. The van der Waals surface area contributed by atoms with Crippen molar-refractivity contribution >= 4 is 17.8 Å². The molecule has 8 nitrogen and oxygen atoms in total. The molecule has 3 aromatic rings. The number of nitrogens with two attached hydrogens (primary N) is 1. The molecule has 5 rings (SSSR count). The molecule has 8 heteroatoms. The number of nitrogens with zero attached hydrogens (tertiary/aromatic N) is 2. The summed E-state index contributed by atoms with van der Waals surface area (Å²) in [5.41, 5.74) is 11.5. The van der Waals surface area contributed by atoms with Crippen molar-refractivity contribution in [2.24, 2.45) is 11.7 Å². The maximum Gasteiger partial charge on any atom is 0.318 e. The van der Waals surface area contributed by atoms with Crippen LogP contribution in [0.25, 0.3) is 11.1 Å². The maximum absolute atomic E-state index is 13.0. The fraction of sp³-hybridized carbons (Fsp3) is 0.355. The van der Waals surface area contributed by atoms with Crippen LogP contribution in [0.2, 0.25) is 0 Å². The molecule has 2 heterocycles. The Labute approximate surface area is 229 Å². The summed E-state index contributed by atoms with van der Waals surface area (Å²) in [5, 5.41) is 6.20. The highest BCUT2D eigenvalue weighted by molar-refractivity contribution is 5.94. The number of hydrogen-bond acceptors (Lipinski definition) is 4. The highest BCUT2D eigenvalue weighted by Crippen LogP contribution is 2.47. The predicted molar refractivity (Wildman–Crippen MR) is 150 cm³/mol. The van der Waals surface area contributed by atoms with E-state index < -0.39 is 5.91 Å². The van der Waals surface area contributed by atoms with Crippen LogP contribution < -0.4 is 16.4 Å². The summed E-state index contributed by atoms with van der Waals surface area (Å²) in [6, 6.07) is 15.8. The van der Waals surface area contributed by atoms with Crippen LogP contribution in [0.1, 0.15) is 65.7 Å². The van der Waals surface area contributed by atoms with Gasteiger partial charge in [-0.1, -0.05) is 42.5 Å². The number of aromatic nitrogens is 1. The molecule has 1 aliphatic heterocycles. The fourth-order valence-corrected chi connectivity index (χ4v) is 5.34. The Bertz CT molecular complexity index is 1410. The molecule has 1 aliphatic carbocycles. The van der Waals surface area contributed by atoms with Crippen molar-refractivity contribution in [2.45, 2.75) is 58.2 Å². The number of carbonyl (C=O) groups excluding carboxylic acids is 3. The van der Waals surface area contributed by atoms with Crippen molar-refractivity contribution in [1.29, 1.82) is 0 Å². The Balaban J connectivity index is 1.40. The summed E-state index contributed by atoms with van der Waals surface area (Å²) in [6.07, 6.45) is 4.68. The van der Waals surface area contributed by atoms with Gasteiger partial charge in [-0.25, -0.2) is 4.79 Å². The molecule has 2 atom stereocenters. The number of primary amides is 1. The zero-order valence-corrected chi connectivity index (χ0v) is 22.7. The third-order valence-corrected chi connectivity index (χ3v) is 7.42. The van der Waals surface area contributed by atoms with Crippen molar-refractivity contribution in [2.75, 3.05) is 6.54 Å². The van der Waals surface area contributed by atoms with Crippen LogP contribution in [-0.4, -0.2) is 39.8 Å². The minimum Gasteiger partial charge on any atom is -0.366 e. The first kappa shape index (κ1) is 26.4. The number of carbonyl (C=O) groups is 3. The normalized spacial score (nSPS) is 18.2. The average molecular weight is 526 g/mol. The van der Waals surface area contributed by atoms with Gasteiger partial charge in [-0.05, 0) is 73.4 Å². The minimum atomic E-state index is -0.531. The predicted octanol–water partition coefficient (Wildman–Crippen LogP) is 4.13. The van der Waals surface area contributed by atoms with Gasteiger partial charge in [-0.2, -0.15) is 0 Å². The molecule has 1 aromatic heterocycles. The molecule has 2 aliphatic rings. The number of nitrogens with one attached hydrogen (secondary N) is 2. The smallest absolute Gasteiger partial charge is 0.318 e. The quantitative estimate of drug-likeness (QED) is 0.448. The lowest BCUT2D eigenvalue weighted by Crippen LogP contribution is -2.50. The number of hydrogen-bond donors (Lipinski definition) is 3. The van der Waals surface area contributed by atoms with Gasteiger partial charge in [0.1, 0.15) is 0 Å². The highest BCUT2D eigenvalue weighted by atomic mass is 16.2. The first-order valence-corrected chi connectivity index (χ1v) is 13.4. The maximum atomic E-state index is 13.0. The van der Waals surface area contributed by atoms with E-state index in [2.05, 4.69) is 27.8 Å². The summed E-state index contributed by atoms with van der Waals surface area (Å²) in [6.45, 7) is 7.24. The SMILES string of the molecule is CC(C)(C)NC(=O)N1CCc2c(-c3cncc(C(N)=O)c3)ccc(CNC(=O)C3C[C@H]3c3ccccc3)c2C1. The topological polar surface area (TPSA) is 117 Å². The first-order chi connectivity index (χ1) is 18.6. The number of pyridine rings is 1. The van der Waals surface area contributed by atoms with Crippen LogP contribution in [0.5, 0.6) is 0 Å². The molecule has 39 heavy (non-hydrogen) atoms. The van der Waals surface area contributed by atoms with Crippen molar-refractivity contribution in [1.82, 2.24) is 20.5 Å². The summed E-state index contributed by atoms with van der Waals surface area (Å²) >= 11 is 0. The molecule has 0 saturated heterocycles. The molecule has 1 fully saturated rings. The third kappa shape index (κ3) is 5.95. The zero-order valence-electron chi connectivity index (χ0n) is 22.7. The highest BCUT2D eigenvalue weighted by Gasteiger charge is 2.43. The Morgan fingerprint density at radius 2 is 1.82 bits per heavy atom. The number of benzene rings is 2. The molecule has 1 saturated carbocycles. The Morgan fingerprint density at radius 3 is 2.54 bits per heavy atom. The average Bonchev–Trinajstić information content (AvgIpc) is 3.72. The van der Waals surface area contributed by atoms with Crippen LogP contribution >= 0.6 is 0 Å². The minimum absolute atomic E-state index is 0.0147. The molecular weight excluding hydrogens is 490 g/mol. The second-order valence-corrected chi connectivity index (χ2v) is 11.5. The molecule has 2 aromatic carbocycles. The summed E-state index contributed by atoms with van der Waals surface area (Å²) in [4.78, 5) is 43.8. The van der Waals surface area contributed by atoms with Crippen molar-refractivity contribution in [3.05, 3.63) is 88.7 Å². The van der Waals surface area contributed by atoms with Crippen LogP contribution in [-0.2, 0) is 24.3 Å². The standard InChI is InChI=1S/C31H35N5O3/c1-31(2,3)35-30(39)36-12-11-24-23(21-13-22(28(32)37)16-33-15-21)10-9-20(27(24)18-36)17-34-29(38)26-14-25(26)19-7-5-4-6-8-19/h4-10,13,15-16,25-26H,11-12,14,17-18H2,1-3H3,(H2,32,37)(H,34,38)(H,35,39)/t25-,26?/m0/s1. The van der Waals surface area contributed by atoms with E-state index in [0.717, 1.165) is 34.2 Å². The Kier molecular flexibility index (Phi) is 7.12. The van der Waals surface area contributed by atoms with E-state index in [4.69, 9.17) is 5.73 Å². The number of fused-ring (bicyclic) bond motifs is 1. The Morgan fingerprint density at radius 1 is 1.05 bits per heavy atom. The number of urea groups is 1. The molecule has 0 radical (unpaired) electrons. The lowest BCUT2D eigenvalue weighted by Gasteiger charge is -2.34. The number of rotatable bonds is 6. The molecule has 4 N–H and O–H groups in total. The monoisotopic (exact) mass is 525 g/mol. The Hall–Kier alpha value is -4.20. The third-order valence-electron chi connectivity index (χ3n) is 7.42. The van der Waals surface area contributed by atoms with Crippen LogP contribution in [0.15, 0.2) is 60.9 Å². The molecule has 4 amide bonds. The summed E-state index contributed by atoms with van der Waals surface area (Å²) in [5.74, 6) is -0.224. The van der Waals surface area contributed by atoms with Crippen molar-refractivity contribution < 1.29 is 14.4 Å². The molecule has 202 valence electrons. The van der Waals surface area contributed by atoms with Crippen molar-refractivity contribution in [3.63, 3.8) is 0 Å². The van der Waals surface area contributed by atoms with Crippen molar-refractivity contribution in [3.8, 4) is 11.1 Å². The van der Waals surface area contributed by atoms with E-state index in [1.165, 1.54) is 11.8 Å². The van der Waals surface area contributed by atoms with Crippen LogP contribution in [0.4, 0.5) is 4.79 Å².